The number of ether oxygens (including phenoxy) is 5. The van der Waals surface area contributed by atoms with Gasteiger partial charge in [0.15, 0.2) is 11.6 Å². The number of fused-ring (bicyclic) bond motifs is 6. The van der Waals surface area contributed by atoms with Crippen molar-refractivity contribution in [2.75, 3.05) is 26.4 Å². The summed E-state index contributed by atoms with van der Waals surface area (Å²) in [5.74, 6) is 1.22. The molecule has 0 aromatic rings. The van der Waals surface area contributed by atoms with E-state index in [4.69, 9.17) is 23.7 Å². The Bertz CT molecular complexity index is 785. The summed E-state index contributed by atoms with van der Waals surface area (Å²) in [6, 6.07) is 0. The van der Waals surface area contributed by atoms with Crippen LogP contribution in [0.15, 0.2) is 0 Å². The molecule has 31 heavy (non-hydrogen) atoms. The van der Waals surface area contributed by atoms with Gasteiger partial charge in [-0.3, -0.25) is 4.79 Å². The van der Waals surface area contributed by atoms with Gasteiger partial charge in [-0.2, -0.15) is 0 Å². The molecule has 0 unspecified atom stereocenters. The molecule has 0 aromatic heterocycles. The normalized spacial score (nSPS) is 53.8. The van der Waals surface area contributed by atoms with Crippen molar-refractivity contribution in [1.29, 1.82) is 0 Å². The summed E-state index contributed by atoms with van der Waals surface area (Å²) >= 11 is 0. The van der Waals surface area contributed by atoms with Crippen LogP contribution >= 0.6 is 0 Å². The fourth-order valence-corrected chi connectivity index (χ4v) is 9.89. The van der Waals surface area contributed by atoms with Crippen LogP contribution in [0.25, 0.3) is 0 Å². The highest BCUT2D eigenvalue weighted by Gasteiger charge is 2.75. The van der Waals surface area contributed by atoms with Gasteiger partial charge in [-0.05, 0) is 62.2 Å². The Balaban J connectivity index is 1.23. The van der Waals surface area contributed by atoms with Gasteiger partial charge in [-0.1, -0.05) is 6.92 Å². The molecule has 3 heterocycles. The molecule has 6 heteroatoms. The van der Waals surface area contributed by atoms with E-state index in [9.17, 15) is 4.79 Å². The number of hydrogen-bond donors (Lipinski definition) is 0. The zero-order chi connectivity index (χ0) is 21.1. The molecule has 3 saturated heterocycles. The SMILES string of the molecule is CC1([C@@H]2CC[C@@H]3[C@@H]4CC[C@H]5CC6(CC[C@]5(C)[C@@H]4[C@H]4C[C@]32C(=O)O4)OCCO6)OCCO1. The van der Waals surface area contributed by atoms with Crippen molar-refractivity contribution in [1.82, 2.24) is 0 Å². The van der Waals surface area contributed by atoms with Crippen LogP contribution in [0.3, 0.4) is 0 Å². The molecule has 8 atom stereocenters. The maximum absolute atomic E-state index is 13.6. The van der Waals surface area contributed by atoms with Crippen molar-refractivity contribution in [2.24, 2.45) is 40.4 Å². The molecular formula is C25H36O6. The third-order valence-electron chi connectivity index (χ3n) is 11.1. The summed E-state index contributed by atoms with van der Waals surface area (Å²) in [5, 5.41) is 0. The first-order valence-corrected chi connectivity index (χ1v) is 12.7. The van der Waals surface area contributed by atoms with Gasteiger partial charge in [0.2, 0.25) is 0 Å². The lowest BCUT2D eigenvalue weighted by Gasteiger charge is -2.61. The van der Waals surface area contributed by atoms with Crippen molar-refractivity contribution >= 4 is 5.97 Å². The molecule has 6 nitrogen and oxygen atoms in total. The molecule has 2 bridgehead atoms. The van der Waals surface area contributed by atoms with Crippen LogP contribution in [0.4, 0.5) is 0 Å². The highest BCUT2D eigenvalue weighted by atomic mass is 16.7. The molecule has 0 aromatic carbocycles. The second-order valence-corrected chi connectivity index (χ2v) is 11.9. The van der Waals surface area contributed by atoms with Gasteiger partial charge in [-0.25, -0.2) is 0 Å². The minimum Gasteiger partial charge on any atom is -0.462 e. The molecular weight excluding hydrogens is 396 g/mol. The smallest absolute Gasteiger partial charge is 0.313 e. The Morgan fingerprint density at radius 3 is 2.35 bits per heavy atom. The van der Waals surface area contributed by atoms with Gasteiger partial charge in [0, 0.05) is 31.1 Å². The van der Waals surface area contributed by atoms with Gasteiger partial charge in [0.1, 0.15) is 6.10 Å². The van der Waals surface area contributed by atoms with E-state index in [2.05, 4.69) is 13.8 Å². The molecule has 7 fully saturated rings. The minimum absolute atomic E-state index is 0.0478. The summed E-state index contributed by atoms with van der Waals surface area (Å²) in [7, 11) is 0. The molecule has 4 aliphatic carbocycles. The van der Waals surface area contributed by atoms with E-state index in [-0.39, 0.29) is 29.2 Å². The van der Waals surface area contributed by atoms with Crippen LogP contribution in [-0.4, -0.2) is 50.1 Å². The van der Waals surface area contributed by atoms with Crippen molar-refractivity contribution < 1.29 is 28.5 Å². The van der Waals surface area contributed by atoms with E-state index in [0.717, 1.165) is 51.7 Å². The quantitative estimate of drug-likeness (QED) is 0.589. The third-order valence-corrected chi connectivity index (χ3v) is 11.1. The fourth-order valence-electron chi connectivity index (χ4n) is 9.89. The average Bonchev–Trinajstić information content (AvgIpc) is 3.51. The van der Waals surface area contributed by atoms with Gasteiger partial charge in [0.25, 0.3) is 0 Å². The fraction of sp³-hybridized carbons (Fsp3) is 0.960. The first-order valence-electron chi connectivity index (χ1n) is 12.7. The first-order chi connectivity index (χ1) is 14.9. The first kappa shape index (κ1) is 19.7. The van der Waals surface area contributed by atoms with Crippen LogP contribution in [0, 0.1) is 40.4 Å². The monoisotopic (exact) mass is 432 g/mol. The van der Waals surface area contributed by atoms with Gasteiger partial charge >= 0.3 is 5.97 Å². The van der Waals surface area contributed by atoms with Crippen molar-refractivity contribution in [2.45, 2.75) is 82.9 Å². The second-order valence-electron chi connectivity index (χ2n) is 11.9. The van der Waals surface area contributed by atoms with Crippen molar-refractivity contribution in [3.05, 3.63) is 0 Å². The second kappa shape index (κ2) is 6.25. The molecule has 3 aliphatic heterocycles. The lowest BCUT2D eigenvalue weighted by molar-refractivity contribution is -0.238. The molecule has 0 amide bonds. The van der Waals surface area contributed by atoms with E-state index in [1.54, 1.807) is 0 Å². The van der Waals surface area contributed by atoms with Crippen LogP contribution in [0.5, 0.6) is 0 Å². The Morgan fingerprint density at radius 1 is 0.839 bits per heavy atom. The summed E-state index contributed by atoms with van der Waals surface area (Å²) in [4.78, 5) is 13.6. The van der Waals surface area contributed by atoms with E-state index >= 15 is 0 Å². The average molecular weight is 433 g/mol. The molecule has 7 rings (SSSR count). The van der Waals surface area contributed by atoms with Gasteiger partial charge in [-0.15, -0.1) is 0 Å². The number of carbonyl (C=O) groups is 1. The Morgan fingerprint density at radius 2 is 1.58 bits per heavy atom. The standard InChI is InChI=1S/C25H36O6/c1-22-7-8-24(29-11-12-30-24)13-15(22)3-4-16-17-5-6-19(23(2)27-9-10-28-23)25(17)14-18(20(16)22)31-21(25)26/h15-20H,3-14H2,1-2H3/t15-,16-,17+,18+,19-,20-,22-,25-/m0/s1. The van der Waals surface area contributed by atoms with Crippen LogP contribution in [0.2, 0.25) is 0 Å². The predicted molar refractivity (Wildman–Crippen MR) is 110 cm³/mol. The van der Waals surface area contributed by atoms with Crippen molar-refractivity contribution in [3.8, 4) is 0 Å². The number of hydrogen-bond acceptors (Lipinski definition) is 6. The highest BCUT2D eigenvalue weighted by molar-refractivity contribution is 5.81. The molecule has 7 aliphatic rings. The molecule has 2 spiro atoms. The number of carbonyl (C=O) groups excluding carboxylic acids is 1. The van der Waals surface area contributed by atoms with Gasteiger partial charge in [0.05, 0.1) is 31.8 Å². The predicted octanol–water partition coefficient (Wildman–Crippen LogP) is 3.67. The molecule has 4 saturated carbocycles. The topological polar surface area (TPSA) is 63.2 Å². The third kappa shape index (κ3) is 2.36. The lowest BCUT2D eigenvalue weighted by atomic mass is 9.44. The molecule has 0 N–H and O–H groups in total. The van der Waals surface area contributed by atoms with Crippen LogP contribution in [-0.2, 0) is 28.5 Å². The Hall–Kier alpha value is -0.690. The zero-order valence-electron chi connectivity index (χ0n) is 18.9. The molecule has 172 valence electrons. The van der Waals surface area contributed by atoms with E-state index < -0.39 is 11.2 Å². The lowest BCUT2D eigenvalue weighted by Crippen LogP contribution is -2.60. The maximum Gasteiger partial charge on any atom is 0.313 e. The summed E-state index contributed by atoms with van der Waals surface area (Å²) in [6.07, 6.45) is 8.54. The Labute approximate surface area is 184 Å². The van der Waals surface area contributed by atoms with E-state index in [0.29, 0.717) is 36.9 Å². The van der Waals surface area contributed by atoms with Crippen LogP contribution in [0.1, 0.15) is 65.2 Å². The van der Waals surface area contributed by atoms with E-state index in [1.165, 1.54) is 12.8 Å². The Kier molecular flexibility index (Phi) is 3.98. The van der Waals surface area contributed by atoms with Gasteiger partial charge < -0.3 is 23.7 Å². The van der Waals surface area contributed by atoms with Crippen LogP contribution < -0.4 is 0 Å². The zero-order valence-corrected chi connectivity index (χ0v) is 18.9. The summed E-state index contributed by atoms with van der Waals surface area (Å²) in [5.41, 5.74) is -0.199. The maximum atomic E-state index is 13.6. The largest absolute Gasteiger partial charge is 0.462 e. The molecule has 0 radical (unpaired) electrons. The number of esters is 1. The summed E-state index contributed by atoms with van der Waals surface area (Å²) < 4.78 is 30.7. The minimum atomic E-state index is -0.634. The summed E-state index contributed by atoms with van der Waals surface area (Å²) in [6.45, 7) is 7.27. The van der Waals surface area contributed by atoms with E-state index in [1.807, 2.05) is 0 Å². The number of rotatable bonds is 1. The van der Waals surface area contributed by atoms with Crippen molar-refractivity contribution in [3.63, 3.8) is 0 Å². The highest BCUT2D eigenvalue weighted by Crippen LogP contribution is 2.72.